The number of benzene rings is 2. The van der Waals surface area contributed by atoms with Crippen molar-refractivity contribution in [1.82, 2.24) is 0 Å². The van der Waals surface area contributed by atoms with Crippen LogP contribution in [0.25, 0.3) is 0 Å². The molecule has 0 heterocycles. The van der Waals surface area contributed by atoms with Crippen LogP contribution in [0.4, 0.5) is 17.1 Å². The van der Waals surface area contributed by atoms with Crippen LogP contribution in [-0.4, -0.2) is 22.7 Å². The van der Waals surface area contributed by atoms with Gasteiger partial charge in [0.15, 0.2) is 0 Å². The highest BCUT2D eigenvalue weighted by Crippen LogP contribution is 2.28. The fourth-order valence-electron chi connectivity index (χ4n) is 1.93. The Morgan fingerprint density at radius 1 is 1.12 bits per heavy atom. The van der Waals surface area contributed by atoms with Gasteiger partial charge in [-0.15, -0.1) is 0 Å². The van der Waals surface area contributed by atoms with Crippen LogP contribution in [0.3, 0.4) is 0 Å². The molecule has 9 heteroatoms. The van der Waals surface area contributed by atoms with Crippen molar-refractivity contribution < 1.29 is 14.6 Å². The SMILES string of the molecule is CCCOc1ccc(/C=N/Nc2ccc([N+](=O)[O-])cc2[N+](=O)[O-])cc1. The van der Waals surface area contributed by atoms with E-state index in [1.54, 1.807) is 24.3 Å². The molecule has 0 amide bonds. The van der Waals surface area contributed by atoms with Gasteiger partial charge in [-0.05, 0) is 42.3 Å². The second-order valence-electron chi connectivity index (χ2n) is 5.00. The first-order chi connectivity index (χ1) is 12.0. The number of hydrazone groups is 1. The van der Waals surface area contributed by atoms with Gasteiger partial charge in [-0.2, -0.15) is 5.10 Å². The fraction of sp³-hybridized carbons (Fsp3) is 0.188. The lowest BCUT2D eigenvalue weighted by molar-refractivity contribution is -0.393. The molecule has 0 aromatic heterocycles. The minimum Gasteiger partial charge on any atom is -0.494 e. The summed E-state index contributed by atoms with van der Waals surface area (Å²) in [4.78, 5) is 20.3. The molecule has 0 saturated carbocycles. The molecule has 0 aliphatic heterocycles. The average molecular weight is 344 g/mol. The molecular formula is C16H16N4O5. The number of nitro benzene ring substituents is 2. The smallest absolute Gasteiger partial charge is 0.301 e. The number of anilines is 1. The number of hydrogen-bond acceptors (Lipinski definition) is 7. The summed E-state index contributed by atoms with van der Waals surface area (Å²) >= 11 is 0. The van der Waals surface area contributed by atoms with Gasteiger partial charge in [-0.1, -0.05) is 6.92 Å². The maximum Gasteiger partial charge on any atom is 0.301 e. The molecular weight excluding hydrogens is 328 g/mol. The van der Waals surface area contributed by atoms with Crippen LogP contribution in [0.1, 0.15) is 18.9 Å². The van der Waals surface area contributed by atoms with Crippen molar-refractivity contribution >= 4 is 23.3 Å². The summed E-state index contributed by atoms with van der Waals surface area (Å²) in [6.07, 6.45) is 2.40. The van der Waals surface area contributed by atoms with Crippen molar-refractivity contribution in [2.45, 2.75) is 13.3 Å². The highest BCUT2D eigenvalue weighted by Gasteiger charge is 2.18. The first-order valence-corrected chi connectivity index (χ1v) is 7.46. The molecule has 0 spiro atoms. The van der Waals surface area contributed by atoms with E-state index in [-0.39, 0.29) is 11.4 Å². The van der Waals surface area contributed by atoms with E-state index in [1.165, 1.54) is 18.3 Å². The Kier molecular flexibility index (Phi) is 5.99. The number of hydrogen-bond donors (Lipinski definition) is 1. The summed E-state index contributed by atoms with van der Waals surface area (Å²) in [5.74, 6) is 0.748. The molecule has 0 aliphatic rings. The van der Waals surface area contributed by atoms with E-state index in [4.69, 9.17) is 4.74 Å². The molecule has 0 bridgehead atoms. The molecule has 2 rings (SSSR count). The Morgan fingerprint density at radius 3 is 2.44 bits per heavy atom. The summed E-state index contributed by atoms with van der Waals surface area (Å²) in [6, 6.07) is 10.5. The van der Waals surface area contributed by atoms with Crippen molar-refractivity contribution in [3.05, 3.63) is 68.3 Å². The molecule has 130 valence electrons. The van der Waals surface area contributed by atoms with Gasteiger partial charge < -0.3 is 4.74 Å². The molecule has 2 aromatic rings. The Labute approximate surface area is 143 Å². The number of rotatable bonds is 8. The second-order valence-corrected chi connectivity index (χ2v) is 5.00. The van der Waals surface area contributed by atoms with Crippen molar-refractivity contribution in [1.29, 1.82) is 0 Å². The summed E-state index contributed by atoms with van der Waals surface area (Å²) < 4.78 is 5.47. The molecule has 0 atom stereocenters. The molecule has 9 nitrogen and oxygen atoms in total. The highest BCUT2D eigenvalue weighted by atomic mass is 16.6. The van der Waals surface area contributed by atoms with Gasteiger partial charge in [0.25, 0.3) is 5.69 Å². The molecule has 0 unspecified atom stereocenters. The van der Waals surface area contributed by atoms with Gasteiger partial charge in [0.05, 0.1) is 28.7 Å². The van der Waals surface area contributed by atoms with Gasteiger partial charge in [-0.3, -0.25) is 25.7 Å². The monoisotopic (exact) mass is 344 g/mol. The topological polar surface area (TPSA) is 120 Å². The van der Waals surface area contributed by atoms with E-state index < -0.39 is 15.5 Å². The third-order valence-electron chi connectivity index (χ3n) is 3.14. The molecule has 0 saturated heterocycles. The normalized spacial score (nSPS) is 10.6. The van der Waals surface area contributed by atoms with Crippen LogP contribution in [0.2, 0.25) is 0 Å². The highest BCUT2D eigenvalue weighted by molar-refractivity contribution is 5.80. The lowest BCUT2D eigenvalue weighted by atomic mass is 10.2. The van der Waals surface area contributed by atoms with Crippen LogP contribution >= 0.6 is 0 Å². The van der Waals surface area contributed by atoms with E-state index in [1.807, 2.05) is 6.92 Å². The number of nitrogens with zero attached hydrogens (tertiary/aromatic N) is 3. The number of non-ortho nitro benzene ring substituents is 1. The molecule has 25 heavy (non-hydrogen) atoms. The summed E-state index contributed by atoms with van der Waals surface area (Å²) in [5, 5.41) is 25.7. The summed E-state index contributed by atoms with van der Waals surface area (Å²) in [6.45, 7) is 2.66. The van der Waals surface area contributed by atoms with E-state index >= 15 is 0 Å². The lowest BCUT2D eigenvalue weighted by Gasteiger charge is -2.04. The standard InChI is InChI=1S/C16H16N4O5/c1-2-9-25-14-6-3-12(4-7-14)11-17-18-15-8-5-13(19(21)22)10-16(15)20(23)24/h3-8,10-11,18H,2,9H2,1H3/b17-11+. The molecule has 0 fully saturated rings. The fourth-order valence-corrected chi connectivity index (χ4v) is 1.93. The lowest BCUT2D eigenvalue weighted by Crippen LogP contribution is -1.99. The van der Waals surface area contributed by atoms with Crippen molar-refractivity contribution in [3.63, 3.8) is 0 Å². The predicted octanol–water partition coefficient (Wildman–Crippen LogP) is 3.74. The maximum absolute atomic E-state index is 11.0. The van der Waals surface area contributed by atoms with Crippen LogP contribution in [0.5, 0.6) is 5.75 Å². The third kappa shape index (κ3) is 4.99. The first kappa shape index (κ1) is 17.9. The predicted molar refractivity (Wildman–Crippen MR) is 93.2 cm³/mol. The van der Waals surface area contributed by atoms with Gasteiger partial charge >= 0.3 is 5.69 Å². The van der Waals surface area contributed by atoms with E-state index in [0.29, 0.717) is 6.61 Å². The second kappa shape index (κ2) is 8.39. The van der Waals surface area contributed by atoms with E-state index in [2.05, 4.69) is 10.5 Å². The molecule has 0 aliphatic carbocycles. The summed E-state index contributed by atoms with van der Waals surface area (Å²) in [5.41, 5.74) is 2.58. The quantitative estimate of drug-likeness (QED) is 0.442. The molecule has 0 radical (unpaired) electrons. The van der Waals surface area contributed by atoms with Crippen LogP contribution in [0, 0.1) is 20.2 Å². The largest absolute Gasteiger partial charge is 0.494 e. The molecule has 1 N–H and O–H groups in total. The van der Waals surface area contributed by atoms with Crippen molar-refractivity contribution in [3.8, 4) is 5.75 Å². The van der Waals surface area contributed by atoms with E-state index in [0.717, 1.165) is 23.8 Å². The number of ether oxygens (including phenoxy) is 1. The minimum atomic E-state index is -0.704. The zero-order valence-corrected chi connectivity index (χ0v) is 13.4. The van der Waals surface area contributed by atoms with Crippen LogP contribution in [0.15, 0.2) is 47.6 Å². The van der Waals surface area contributed by atoms with Crippen molar-refractivity contribution in [2.24, 2.45) is 5.10 Å². The Balaban J connectivity index is 2.08. The Bertz CT molecular complexity index is 790. The summed E-state index contributed by atoms with van der Waals surface area (Å²) in [7, 11) is 0. The van der Waals surface area contributed by atoms with Crippen molar-refractivity contribution in [2.75, 3.05) is 12.0 Å². The minimum absolute atomic E-state index is 0.0646. The Hall–Kier alpha value is -3.49. The first-order valence-electron chi connectivity index (χ1n) is 7.46. The zero-order chi connectivity index (χ0) is 18.2. The number of nitro groups is 2. The Morgan fingerprint density at radius 2 is 1.84 bits per heavy atom. The average Bonchev–Trinajstić information content (AvgIpc) is 2.61. The zero-order valence-electron chi connectivity index (χ0n) is 13.4. The van der Waals surface area contributed by atoms with Crippen LogP contribution in [-0.2, 0) is 0 Å². The van der Waals surface area contributed by atoms with Gasteiger partial charge in [0, 0.05) is 6.07 Å². The molecule has 2 aromatic carbocycles. The van der Waals surface area contributed by atoms with E-state index in [9.17, 15) is 20.2 Å². The van der Waals surface area contributed by atoms with Gasteiger partial charge in [0.2, 0.25) is 0 Å². The number of nitrogens with one attached hydrogen (secondary N) is 1. The van der Waals surface area contributed by atoms with Gasteiger partial charge in [-0.25, -0.2) is 0 Å². The third-order valence-corrected chi connectivity index (χ3v) is 3.14. The maximum atomic E-state index is 11.0. The van der Waals surface area contributed by atoms with Crippen LogP contribution < -0.4 is 10.2 Å². The van der Waals surface area contributed by atoms with Gasteiger partial charge in [0.1, 0.15) is 11.4 Å².